The molecule has 0 radical (unpaired) electrons. The largest absolute Gasteiger partial charge is 0.353 e. The molecule has 0 spiro atoms. The third-order valence-corrected chi connectivity index (χ3v) is 7.74. The number of piperidine rings is 1. The minimum absolute atomic E-state index is 0. The highest BCUT2D eigenvalue weighted by Crippen LogP contribution is 2.25. The second-order valence-electron chi connectivity index (χ2n) is 7.71. The standard InChI is InChI=1S/C20H31N3O3S.ClH/c21-15-17-5-4-6-19(17)22-20(24)12-9-16-7-10-18(11-8-16)27(25,26)23-13-2-1-3-14-23;/h7-8,10-11,17,19H,1-6,9,12-15,21H2,(H,22,24);1H. The molecule has 0 aromatic heterocycles. The third kappa shape index (κ3) is 5.69. The van der Waals surface area contributed by atoms with Gasteiger partial charge in [-0.15, -0.1) is 12.4 Å². The second-order valence-corrected chi connectivity index (χ2v) is 9.65. The number of nitrogens with one attached hydrogen (secondary N) is 1. The monoisotopic (exact) mass is 429 g/mol. The van der Waals surface area contributed by atoms with Crippen molar-refractivity contribution in [2.45, 2.75) is 62.3 Å². The number of carbonyl (C=O) groups excluding carboxylic acids is 1. The first kappa shape index (κ1) is 23.1. The fourth-order valence-corrected chi connectivity index (χ4v) is 5.65. The molecule has 1 heterocycles. The number of amides is 1. The van der Waals surface area contributed by atoms with E-state index in [0.29, 0.717) is 43.3 Å². The summed E-state index contributed by atoms with van der Waals surface area (Å²) in [7, 11) is -3.39. The van der Waals surface area contributed by atoms with Gasteiger partial charge in [-0.05, 0) is 62.3 Å². The molecule has 0 bridgehead atoms. The smallest absolute Gasteiger partial charge is 0.243 e. The minimum Gasteiger partial charge on any atom is -0.353 e. The topological polar surface area (TPSA) is 92.5 Å². The minimum atomic E-state index is -3.39. The van der Waals surface area contributed by atoms with Crippen LogP contribution in [0.1, 0.15) is 50.5 Å². The fourth-order valence-electron chi connectivity index (χ4n) is 4.13. The van der Waals surface area contributed by atoms with E-state index in [1.165, 1.54) is 0 Å². The van der Waals surface area contributed by atoms with E-state index in [-0.39, 0.29) is 24.4 Å². The van der Waals surface area contributed by atoms with Gasteiger partial charge in [-0.3, -0.25) is 4.79 Å². The predicted molar refractivity (Wildman–Crippen MR) is 113 cm³/mol. The van der Waals surface area contributed by atoms with Crippen LogP contribution in [0, 0.1) is 5.92 Å². The van der Waals surface area contributed by atoms with Gasteiger partial charge < -0.3 is 11.1 Å². The lowest BCUT2D eigenvalue weighted by Crippen LogP contribution is -2.39. The first-order valence-electron chi connectivity index (χ1n) is 10.1. The Kier molecular flexibility index (Phi) is 8.74. The van der Waals surface area contributed by atoms with Crippen LogP contribution in [0.15, 0.2) is 29.2 Å². The Balaban J connectivity index is 0.00000280. The first-order valence-corrected chi connectivity index (χ1v) is 11.5. The summed E-state index contributed by atoms with van der Waals surface area (Å²) in [6.45, 7) is 1.84. The first-order chi connectivity index (χ1) is 13.0. The van der Waals surface area contributed by atoms with Crippen molar-refractivity contribution >= 4 is 28.3 Å². The molecule has 8 heteroatoms. The van der Waals surface area contributed by atoms with Gasteiger partial charge in [0.2, 0.25) is 15.9 Å². The van der Waals surface area contributed by atoms with Crippen molar-refractivity contribution in [3.8, 4) is 0 Å². The van der Waals surface area contributed by atoms with Crippen LogP contribution in [0.5, 0.6) is 0 Å². The van der Waals surface area contributed by atoms with Crippen molar-refractivity contribution in [3.63, 3.8) is 0 Å². The average molecular weight is 430 g/mol. The number of nitrogens with zero attached hydrogens (tertiary/aromatic N) is 1. The van der Waals surface area contributed by atoms with E-state index < -0.39 is 10.0 Å². The molecule has 3 rings (SSSR count). The van der Waals surface area contributed by atoms with Gasteiger partial charge >= 0.3 is 0 Å². The highest BCUT2D eigenvalue weighted by molar-refractivity contribution is 7.89. The highest BCUT2D eigenvalue weighted by atomic mass is 35.5. The Hall–Kier alpha value is -1.15. The van der Waals surface area contributed by atoms with E-state index in [1.54, 1.807) is 16.4 Å². The Morgan fingerprint density at radius 3 is 2.39 bits per heavy atom. The summed E-state index contributed by atoms with van der Waals surface area (Å²) < 4.78 is 26.9. The summed E-state index contributed by atoms with van der Waals surface area (Å²) in [6, 6.07) is 7.18. The van der Waals surface area contributed by atoms with Crippen LogP contribution in [-0.4, -0.2) is 44.3 Å². The molecule has 1 saturated carbocycles. The molecule has 2 fully saturated rings. The predicted octanol–water partition coefficient (Wildman–Crippen LogP) is 2.46. The maximum Gasteiger partial charge on any atom is 0.243 e. The number of nitrogens with two attached hydrogens (primary N) is 1. The molecule has 1 aromatic rings. The third-order valence-electron chi connectivity index (χ3n) is 5.83. The van der Waals surface area contributed by atoms with Gasteiger partial charge in [0, 0.05) is 25.6 Å². The molecule has 2 aliphatic rings. The maximum atomic E-state index is 12.7. The number of carbonyl (C=O) groups is 1. The molecule has 2 atom stereocenters. The molecule has 3 N–H and O–H groups in total. The van der Waals surface area contributed by atoms with Crippen molar-refractivity contribution in [1.82, 2.24) is 9.62 Å². The van der Waals surface area contributed by atoms with Crippen molar-refractivity contribution < 1.29 is 13.2 Å². The molecular weight excluding hydrogens is 398 g/mol. The van der Waals surface area contributed by atoms with E-state index >= 15 is 0 Å². The molecule has 28 heavy (non-hydrogen) atoms. The van der Waals surface area contributed by atoms with Crippen molar-refractivity contribution in [2.75, 3.05) is 19.6 Å². The maximum absolute atomic E-state index is 12.7. The number of sulfonamides is 1. The van der Waals surface area contributed by atoms with Gasteiger partial charge in [0.1, 0.15) is 0 Å². The van der Waals surface area contributed by atoms with Crippen LogP contribution < -0.4 is 11.1 Å². The number of rotatable bonds is 7. The van der Waals surface area contributed by atoms with Crippen LogP contribution in [0.2, 0.25) is 0 Å². The van der Waals surface area contributed by atoms with Crippen molar-refractivity contribution in [2.24, 2.45) is 11.7 Å². The van der Waals surface area contributed by atoms with Gasteiger partial charge in [0.05, 0.1) is 4.90 Å². The molecule has 1 aromatic carbocycles. The molecule has 1 amide bonds. The van der Waals surface area contributed by atoms with Gasteiger partial charge in [-0.25, -0.2) is 8.42 Å². The summed E-state index contributed by atoms with van der Waals surface area (Å²) in [5.41, 5.74) is 6.74. The van der Waals surface area contributed by atoms with Gasteiger partial charge in [0.25, 0.3) is 0 Å². The number of hydrogen-bond acceptors (Lipinski definition) is 4. The summed E-state index contributed by atoms with van der Waals surface area (Å²) >= 11 is 0. The zero-order valence-corrected chi connectivity index (χ0v) is 17.9. The average Bonchev–Trinajstić information content (AvgIpc) is 3.14. The molecule has 1 aliphatic carbocycles. The molecule has 158 valence electrons. The zero-order chi connectivity index (χ0) is 19.3. The van der Waals surface area contributed by atoms with Crippen LogP contribution >= 0.6 is 12.4 Å². The number of hydrogen-bond donors (Lipinski definition) is 2. The summed E-state index contributed by atoms with van der Waals surface area (Å²) in [6.07, 6.45) is 7.20. The van der Waals surface area contributed by atoms with E-state index in [4.69, 9.17) is 5.73 Å². The number of halogens is 1. The number of benzene rings is 1. The van der Waals surface area contributed by atoms with E-state index in [1.807, 2.05) is 12.1 Å². The van der Waals surface area contributed by atoms with Crippen molar-refractivity contribution in [1.29, 1.82) is 0 Å². The summed E-state index contributed by atoms with van der Waals surface area (Å²) in [5.74, 6) is 0.443. The molecular formula is C20H32ClN3O3S. The Morgan fingerprint density at radius 1 is 1.07 bits per heavy atom. The SMILES string of the molecule is Cl.NCC1CCCC1NC(=O)CCc1ccc(S(=O)(=O)N2CCCCC2)cc1. The van der Waals surface area contributed by atoms with Crippen LogP contribution in [-0.2, 0) is 21.2 Å². The second kappa shape index (κ2) is 10.6. The lowest BCUT2D eigenvalue weighted by molar-refractivity contribution is -0.122. The Morgan fingerprint density at radius 2 is 1.75 bits per heavy atom. The van der Waals surface area contributed by atoms with E-state index in [0.717, 1.165) is 44.1 Å². The van der Waals surface area contributed by atoms with Crippen LogP contribution in [0.4, 0.5) is 0 Å². The normalized spacial score (nSPS) is 23.2. The lowest BCUT2D eigenvalue weighted by atomic mass is 10.0. The molecule has 6 nitrogen and oxygen atoms in total. The van der Waals surface area contributed by atoms with Crippen LogP contribution in [0.25, 0.3) is 0 Å². The Labute approximate surface area is 174 Å². The zero-order valence-electron chi connectivity index (χ0n) is 16.3. The highest BCUT2D eigenvalue weighted by Gasteiger charge is 2.27. The van der Waals surface area contributed by atoms with E-state index in [9.17, 15) is 13.2 Å². The van der Waals surface area contributed by atoms with Gasteiger partial charge in [0.15, 0.2) is 0 Å². The summed E-state index contributed by atoms with van der Waals surface area (Å²) in [5, 5.41) is 3.11. The molecule has 1 aliphatic heterocycles. The van der Waals surface area contributed by atoms with Gasteiger partial charge in [-0.2, -0.15) is 4.31 Å². The summed E-state index contributed by atoms with van der Waals surface area (Å²) in [4.78, 5) is 12.6. The number of aryl methyl sites for hydroxylation is 1. The van der Waals surface area contributed by atoms with Gasteiger partial charge in [-0.1, -0.05) is 25.0 Å². The van der Waals surface area contributed by atoms with Crippen molar-refractivity contribution in [3.05, 3.63) is 29.8 Å². The molecule has 1 saturated heterocycles. The quantitative estimate of drug-likeness (QED) is 0.696. The lowest BCUT2D eigenvalue weighted by Gasteiger charge is -2.25. The molecule has 2 unspecified atom stereocenters. The van der Waals surface area contributed by atoms with Crippen LogP contribution in [0.3, 0.4) is 0 Å². The van der Waals surface area contributed by atoms with E-state index in [2.05, 4.69) is 5.32 Å². The fraction of sp³-hybridized carbons (Fsp3) is 0.650. The Bertz CT molecular complexity index is 734.